The van der Waals surface area contributed by atoms with Gasteiger partial charge in [0.1, 0.15) is 10.7 Å². The Hall–Kier alpha value is -2.47. The highest BCUT2D eigenvalue weighted by molar-refractivity contribution is 7.18. The Kier molecular flexibility index (Phi) is 3.72. The van der Waals surface area contributed by atoms with Crippen molar-refractivity contribution >= 4 is 33.2 Å². The van der Waals surface area contributed by atoms with Crippen molar-refractivity contribution in [2.45, 2.75) is 26.8 Å². The standard InChI is InChI=1S/C19H17FN2O2S/c1-10-11(2)25-18-16(10)19(23)22-7-6-13(17(22)21-18)8-12-4-5-15(24-3)14(20)9-12/h4-5,8-9H,6-7H2,1-3H3/b13-8+. The topological polar surface area (TPSA) is 44.1 Å². The minimum absolute atomic E-state index is 0.0196. The van der Waals surface area contributed by atoms with Crippen molar-refractivity contribution in [3.8, 4) is 5.75 Å². The average molecular weight is 356 g/mol. The van der Waals surface area contributed by atoms with Gasteiger partial charge in [-0.15, -0.1) is 11.3 Å². The van der Waals surface area contributed by atoms with E-state index in [1.807, 2.05) is 19.9 Å². The lowest BCUT2D eigenvalue weighted by Crippen LogP contribution is -2.20. The van der Waals surface area contributed by atoms with Crippen molar-refractivity contribution in [2.24, 2.45) is 0 Å². The van der Waals surface area contributed by atoms with Crippen molar-refractivity contribution < 1.29 is 9.13 Å². The largest absolute Gasteiger partial charge is 0.494 e. The first-order valence-corrected chi connectivity index (χ1v) is 8.86. The number of rotatable bonds is 2. The van der Waals surface area contributed by atoms with Gasteiger partial charge in [0.2, 0.25) is 0 Å². The molecule has 4 rings (SSSR count). The molecule has 2 aromatic heterocycles. The molecule has 3 heterocycles. The van der Waals surface area contributed by atoms with Gasteiger partial charge in [0.25, 0.3) is 5.56 Å². The third-order valence-corrected chi connectivity index (χ3v) is 5.80. The van der Waals surface area contributed by atoms with E-state index in [-0.39, 0.29) is 11.3 Å². The van der Waals surface area contributed by atoms with Crippen molar-refractivity contribution in [1.82, 2.24) is 9.55 Å². The molecule has 3 aromatic rings. The van der Waals surface area contributed by atoms with Crippen LogP contribution in [0.5, 0.6) is 5.75 Å². The van der Waals surface area contributed by atoms with Gasteiger partial charge in [-0.2, -0.15) is 0 Å². The molecule has 0 bridgehead atoms. The second kappa shape index (κ2) is 5.81. The minimum Gasteiger partial charge on any atom is -0.494 e. The Balaban J connectivity index is 1.85. The number of benzene rings is 1. The molecule has 1 aliphatic rings. The molecule has 0 aliphatic carbocycles. The van der Waals surface area contributed by atoms with Gasteiger partial charge in [0.05, 0.1) is 12.5 Å². The SMILES string of the molecule is COc1ccc(/C=C2\CCn3c2nc2sc(C)c(C)c2c3=O)cc1F. The lowest BCUT2D eigenvalue weighted by Gasteiger charge is -2.05. The first-order chi connectivity index (χ1) is 12.0. The highest BCUT2D eigenvalue weighted by atomic mass is 32.1. The normalized spacial score (nSPS) is 15.1. The number of fused-ring (bicyclic) bond motifs is 2. The summed E-state index contributed by atoms with van der Waals surface area (Å²) in [6, 6.07) is 4.84. The second-order valence-corrected chi connectivity index (χ2v) is 7.37. The van der Waals surface area contributed by atoms with Crippen LogP contribution in [0.25, 0.3) is 21.9 Å². The van der Waals surface area contributed by atoms with E-state index >= 15 is 0 Å². The first-order valence-electron chi connectivity index (χ1n) is 8.04. The van der Waals surface area contributed by atoms with Crippen LogP contribution in [0.3, 0.4) is 0 Å². The number of aromatic nitrogens is 2. The number of nitrogens with zero attached hydrogens (tertiary/aromatic N) is 2. The molecule has 0 saturated carbocycles. The summed E-state index contributed by atoms with van der Waals surface area (Å²) < 4.78 is 20.6. The van der Waals surface area contributed by atoms with Crippen LogP contribution in [-0.2, 0) is 6.54 Å². The molecule has 6 heteroatoms. The number of thiophene rings is 1. The third-order valence-electron chi connectivity index (χ3n) is 4.70. The van der Waals surface area contributed by atoms with Gasteiger partial charge in [-0.05, 0) is 55.2 Å². The molecule has 0 amide bonds. The van der Waals surface area contributed by atoms with E-state index in [4.69, 9.17) is 9.72 Å². The van der Waals surface area contributed by atoms with E-state index in [2.05, 4.69) is 0 Å². The van der Waals surface area contributed by atoms with Crippen LogP contribution < -0.4 is 10.3 Å². The first kappa shape index (κ1) is 16.0. The fraction of sp³-hybridized carbons (Fsp3) is 0.263. The summed E-state index contributed by atoms with van der Waals surface area (Å²) in [7, 11) is 1.44. The predicted molar refractivity (Wildman–Crippen MR) is 98.8 cm³/mol. The van der Waals surface area contributed by atoms with Crippen LogP contribution in [0.15, 0.2) is 23.0 Å². The molecule has 0 radical (unpaired) electrons. The van der Waals surface area contributed by atoms with Gasteiger partial charge in [0.15, 0.2) is 11.6 Å². The Morgan fingerprint density at radius 3 is 2.88 bits per heavy atom. The predicted octanol–water partition coefficient (Wildman–Crippen LogP) is 4.17. The summed E-state index contributed by atoms with van der Waals surface area (Å²) in [6.07, 6.45) is 2.61. The maximum Gasteiger partial charge on any atom is 0.262 e. The zero-order valence-electron chi connectivity index (χ0n) is 14.2. The number of allylic oxidation sites excluding steroid dienone is 1. The second-order valence-electron chi connectivity index (χ2n) is 6.17. The van der Waals surface area contributed by atoms with Gasteiger partial charge in [-0.3, -0.25) is 9.36 Å². The lowest BCUT2D eigenvalue weighted by molar-refractivity contribution is 0.386. The fourth-order valence-electron chi connectivity index (χ4n) is 3.23. The van der Waals surface area contributed by atoms with Gasteiger partial charge in [-0.1, -0.05) is 6.07 Å². The maximum absolute atomic E-state index is 13.9. The number of methoxy groups -OCH3 is 1. The summed E-state index contributed by atoms with van der Waals surface area (Å²) >= 11 is 1.55. The molecule has 4 nitrogen and oxygen atoms in total. The van der Waals surface area contributed by atoms with Crippen molar-refractivity contribution in [3.05, 3.63) is 56.2 Å². The average Bonchev–Trinajstić information content (AvgIpc) is 3.10. The zero-order chi connectivity index (χ0) is 17.7. The summed E-state index contributed by atoms with van der Waals surface area (Å²) in [6.45, 7) is 4.58. The number of hydrogen-bond donors (Lipinski definition) is 0. The van der Waals surface area contributed by atoms with Gasteiger partial charge in [0, 0.05) is 11.4 Å². The zero-order valence-corrected chi connectivity index (χ0v) is 15.0. The number of hydrogen-bond acceptors (Lipinski definition) is 4. The molecular weight excluding hydrogens is 339 g/mol. The van der Waals surface area contributed by atoms with Gasteiger partial charge >= 0.3 is 0 Å². The Morgan fingerprint density at radius 2 is 2.16 bits per heavy atom. The Labute approximate surface area is 148 Å². The number of aryl methyl sites for hydroxylation is 2. The summed E-state index contributed by atoms with van der Waals surface area (Å²) in [5.41, 5.74) is 2.72. The van der Waals surface area contributed by atoms with Crippen LogP contribution in [-0.4, -0.2) is 16.7 Å². The highest BCUT2D eigenvalue weighted by Crippen LogP contribution is 2.32. The van der Waals surface area contributed by atoms with Crippen LogP contribution in [0.4, 0.5) is 4.39 Å². The van der Waals surface area contributed by atoms with Crippen LogP contribution in [0.2, 0.25) is 0 Å². The van der Waals surface area contributed by atoms with Crippen LogP contribution in [0.1, 0.15) is 28.2 Å². The molecule has 0 N–H and O–H groups in total. The van der Waals surface area contributed by atoms with E-state index in [0.29, 0.717) is 18.8 Å². The minimum atomic E-state index is -0.403. The van der Waals surface area contributed by atoms with Crippen molar-refractivity contribution in [1.29, 1.82) is 0 Å². The smallest absolute Gasteiger partial charge is 0.262 e. The number of halogens is 1. The van der Waals surface area contributed by atoms with E-state index in [1.54, 1.807) is 28.0 Å². The molecule has 0 spiro atoms. The fourth-order valence-corrected chi connectivity index (χ4v) is 4.25. The van der Waals surface area contributed by atoms with Crippen molar-refractivity contribution in [2.75, 3.05) is 7.11 Å². The lowest BCUT2D eigenvalue weighted by atomic mass is 10.1. The summed E-state index contributed by atoms with van der Waals surface area (Å²) in [5.74, 6) is 0.504. The van der Waals surface area contributed by atoms with Gasteiger partial charge < -0.3 is 4.74 Å². The van der Waals surface area contributed by atoms with Crippen LogP contribution >= 0.6 is 11.3 Å². The maximum atomic E-state index is 13.9. The molecular formula is C19H17FN2O2S. The van der Waals surface area contributed by atoms with Crippen LogP contribution in [0, 0.1) is 19.7 Å². The van der Waals surface area contributed by atoms with E-state index in [9.17, 15) is 9.18 Å². The Morgan fingerprint density at radius 1 is 1.36 bits per heavy atom. The number of ether oxygens (including phenoxy) is 1. The molecule has 1 aromatic carbocycles. The quantitative estimate of drug-likeness (QED) is 0.692. The molecule has 0 fully saturated rings. The highest BCUT2D eigenvalue weighted by Gasteiger charge is 2.23. The van der Waals surface area contributed by atoms with E-state index < -0.39 is 5.82 Å². The monoisotopic (exact) mass is 356 g/mol. The third kappa shape index (κ3) is 2.48. The molecule has 0 atom stereocenters. The summed E-state index contributed by atoms with van der Waals surface area (Å²) in [4.78, 5) is 19.4. The van der Waals surface area contributed by atoms with E-state index in [0.717, 1.165) is 31.8 Å². The molecule has 128 valence electrons. The van der Waals surface area contributed by atoms with Gasteiger partial charge in [-0.25, -0.2) is 9.37 Å². The molecule has 0 saturated heterocycles. The molecule has 25 heavy (non-hydrogen) atoms. The molecule has 0 unspecified atom stereocenters. The van der Waals surface area contributed by atoms with Crippen molar-refractivity contribution in [3.63, 3.8) is 0 Å². The molecule has 1 aliphatic heterocycles. The summed E-state index contributed by atoms with van der Waals surface area (Å²) in [5, 5.41) is 0.725. The Bertz CT molecular complexity index is 1090. The van der Waals surface area contributed by atoms with E-state index in [1.165, 1.54) is 13.2 Å².